The van der Waals surface area contributed by atoms with Crippen molar-refractivity contribution in [3.05, 3.63) is 19.8 Å². The molecule has 0 aromatic carbocycles. The number of hydrogen-bond donors (Lipinski definition) is 1. The van der Waals surface area contributed by atoms with E-state index in [0.717, 1.165) is 21.3 Å². The average molecular weight is 325 g/mol. The molecule has 1 heterocycles. The van der Waals surface area contributed by atoms with Crippen molar-refractivity contribution in [1.82, 2.24) is 5.32 Å². The van der Waals surface area contributed by atoms with E-state index < -0.39 is 0 Å². The molecule has 1 aromatic heterocycles. The number of nitrogens with one attached hydrogen (secondary N) is 1. The van der Waals surface area contributed by atoms with Gasteiger partial charge in [-0.2, -0.15) is 0 Å². The second kappa shape index (κ2) is 7.00. The summed E-state index contributed by atoms with van der Waals surface area (Å²) in [5, 5.41) is 3.54. The zero-order valence-electron chi connectivity index (χ0n) is 10.0. The van der Waals surface area contributed by atoms with Gasteiger partial charge < -0.3 is 5.32 Å². The van der Waals surface area contributed by atoms with E-state index in [2.05, 4.69) is 48.1 Å². The van der Waals surface area contributed by atoms with Crippen LogP contribution in [-0.4, -0.2) is 6.54 Å². The lowest BCUT2D eigenvalue weighted by molar-refractivity contribution is 0.412. The highest BCUT2D eigenvalue weighted by Gasteiger charge is 2.17. The van der Waals surface area contributed by atoms with Crippen LogP contribution in [0.4, 0.5) is 0 Å². The van der Waals surface area contributed by atoms with Gasteiger partial charge in [-0.3, -0.25) is 0 Å². The highest BCUT2D eigenvalue weighted by molar-refractivity contribution is 9.10. The molecule has 2 unspecified atom stereocenters. The highest BCUT2D eigenvalue weighted by atomic mass is 79.9. The SMILES string of the molecule is CCNC(CC(C)CC)c1cc(Br)c(Cl)s1. The maximum atomic E-state index is 6.09. The van der Waals surface area contributed by atoms with Gasteiger partial charge in [0.1, 0.15) is 4.34 Å². The van der Waals surface area contributed by atoms with Crippen molar-refractivity contribution in [1.29, 1.82) is 0 Å². The molecule has 1 N–H and O–H groups in total. The van der Waals surface area contributed by atoms with E-state index in [1.165, 1.54) is 17.7 Å². The maximum absolute atomic E-state index is 6.09. The molecule has 1 aromatic rings. The van der Waals surface area contributed by atoms with Gasteiger partial charge >= 0.3 is 0 Å². The monoisotopic (exact) mass is 323 g/mol. The molecule has 0 saturated carbocycles. The first kappa shape index (κ1) is 14.5. The van der Waals surface area contributed by atoms with Crippen molar-refractivity contribution in [3.8, 4) is 0 Å². The van der Waals surface area contributed by atoms with Crippen molar-refractivity contribution >= 4 is 38.9 Å². The van der Waals surface area contributed by atoms with E-state index in [1.54, 1.807) is 11.3 Å². The molecule has 92 valence electrons. The van der Waals surface area contributed by atoms with Crippen LogP contribution in [0.5, 0.6) is 0 Å². The van der Waals surface area contributed by atoms with Crippen LogP contribution < -0.4 is 5.32 Å². The molecule has 2 atom stereocenters. The van der Waals surface area contributed by atoms with Crippen LogP contribution in [0, 0.1) is 5.92 Å². The molecule has 0 radical (unpaired) electrons. The molecule has 0 bridgehead atoms. The smallest absolute Gasteiger partial charge is 0.107 e. The van der Waals surface area contributed by atoms with Gasteiger partial charge in [-0.1, -0.05) is 38.8 Å². The Morgan fingerprint density at radius 1 is 1.50 bits per heavy atom. The van der Waals surface area contributed by atoms with Crippen molar-refractivity contribution in [2.75, 3.05) is 6.54 Å². The normalized spacial score (nSPS) is 15.1. The zero-order chi connectivity index (χ0) is 12.1. The summed E-state index contributed by atoms with van der Waals surface area (Å²) in [6, 6.07) is 2.58. The standard InChI is InChI=1S/C12H19BrClNS/c1-4-8(3)6-10(15-5-2)11-7-9(13)12(14)16-11/h7-8,10,15H,4-6H2,1-3H3. The summed E-state index contributed by atoms with van der Waals surface area (Å²) >= 11 is 11.2. The van der Waals surface area contributed by atoms with E-state index in [4.69, 9.17) is 11.6 Å². The molecule has 16 heavy (non-hydrogen) atoms. The third kappa shape index (κ3) is 4.02. The third-order valence-corrected chi connectivity index (χ3v) is 5.38. The summed E-state index contributed by atoms with van der Waals surface area (Å²) in [5.74, 6) is 0.740. The molecule has 0 saturated heterocycles. The minimum atomic E-state index is 0.439. The van der Waals surface area contributed by atoms with Crippen molar-refractivity contribution in [2.45, 2.75) is 39.7 Å². The van der Waals surface area contributed by atoms with Gasteiger partial charge in [0.25, 0.3) is 0 Å². The van der Waals surface area contributed by atoms with E-state index in [1.807, 2.05) is 0 Å². The number of hydrogen-bond acceptors (Lipinski definition) is 2. The van der Waals surface area contributed by atoms with E-state index >= 15 is 0 Å². The second-order valence-corrected chi connectivity index (χ2v) is 6.67. The van der Waals surface area contributed by atoms with Crippen molar-refractivity contribution in [3.63, 3.8) is 0 Å². The maximum Gasteiger partial charge on any atom is 0.107 e. The summed E-state index contributed by atoms with van der Waals surface area (Å²) in [5.41, 5.74) is 0. The Bertz CT molecular complexity index is 307. The van der Waals surface area contributed by atoms with Crippen LogP contribution in [0.15, 0.2) is 10.5 Å². The third-order valence-electron chi connectivity index (χ3n) is 2.79. The van der Waals surface area contributed by atoms with E-state index in [-0.39, 0.29) is 0 Å². The molecule has 4 heteroatoms. The largest absolute Gasteiger partial charge is 0.310 e. The summed E-state index contributed by atoms with van der Waals surface area (Å²) in [6.45, 7) is 7.68. The zero-order valence-corrected chi connectivity index (χ0v) is 13.2. The van der Waals surface area contributed by atoms with Gasteiger partial charge in [-0.25, -0.2) is 0 Å². The van der Waals surface area contributed by atoms with Crippen LogP contribution in [0.2, 0.25) is 4.34 Å². The summed E-state index contributed by atoms with van der Waals surface area (Å²) in [7, 11) is 0. The quantitative estimate of drug-likeness (QED) is 0.753. The molecule has 0 fully saturated rings. The highest BCUT2D eigenvalue weighted by Crippen LogP contribution is 2.37. The fourth-order valence-corrected chi connectivity index (χ4v) is 3.48. The van der Waals surface area contributed by atoms with Gasteiger partial charge in [-0.15, -0.1) is 11.3 Å². The van der Waals surface area contributed by atoms with Crippen molar-refractivity contribution < 1.29 is 0 Å². The fraction of sp³-hybridized carbons (Fsp3) is 0.667. The average Bonchev–Trinajstić information content (AvgIpc) is 2.58. The minimum absolute atomic E-state index is 0.439. The number of halogens is 2. The fourth-order valence-electron chi connectivity index (χ4n) is 1.65. The van der Waals surface area contributed by atoms with Crippen LogP contribution >= 0.6 is 38.9 Å². The van der Waals surface area contributed by atoms with Crippen LogP contribution in [-0.2, 0) is 0 Å². The predicted molar refractivity (Wildman–Crippen MR) is 77.5 cm³/mol. The molecular formula is C12H19BrClNS. The molecule has 0 aliphatic carbocycles. The lowest BCUT2D eigenvalue weighted by Crippen LogP contribution is -2.21. The van der Waals surface area contributed by atoms with E-state index in [9.17, 15) is 0 Å². The first-order valence-corrected chi connectivity index (χ1v) is 7.75. The second-order valence-electron chi connectivity index (χ2n) is 4.13. The molecule has 1 rings (SSSR count). The molecule has 0 amide bonds. The van der Waals surface area contributed by atoms with Gasteiger partial charge in [0.05, 0.1) is 0 Å². The van der Waals surface area contributed by atoms with Gasteiger partial charge in [0.2, 0.25) is 0 Å². The molecule has 0 aliphatic rings. The Morgan fingerprint density at radius 3 is 2.62 bits per heavy atom. The van der Waals surface area contributed by atoms with Gasteiger partial charge in [0.15, 0.2) is 0 Å². The Balaban J connectivity index is 2.76. The minimum Gasteiger partial charge on any atom is -0.310 e. The van der Waals surface area contributed by atoms with Crippen LogP contribution in [0.3, 0.4) is 0 Å². The molecule has 1 nitrogen and oxygen atoms in total. The predicted octanol–water partition coefficient (Wildman–Crippen LogP) is 5.25. The number of thiophene rings is 1. The topological polar surface area (TPSA) is 12.0 Å². The molecule has 0 aliphatic heterocycles. The molecular weight excluding hydrogens is 306 g/mol. The van der Waals surface area contributed by atoms with Crippen molar-refractivity contribution in [2.24, 2.45) is 5.92 Å². The van der Waals surface area contributed by atoms with Gasteiger partial charge in [-0.05, 0) is 40.9 Å². The summed E-state index contributed by atoms with van der Waals surface area (Å²) in [6.07, 6.45) is 2.40. The first-order valence-electron chi connectivity index (χ1n) is 5.76. The Kier molecular flexibility index (Phi) is 6.34. The van der Waals surface area contributed by atoms with E-state index in [0.29, 0.717) is 6.04 Å². The number of rotatable bonds is 6. The first-order chi connectivity index (χ1) is 7.58. The van der Waals surface area contributed by atoms with Crippen LogP contribution in [0.25, 0.3) is 0 Å². The lowest BCUT2D eigenvalue weighted by atomic mass is 9.98. The van der Waals surface area contributed by atoms with Gasteiger partial charge in [0, 0.05) is 15.4 Å². The molecule has 0 spiro atoms. The Hall–Kier alpha value is 0.430. The van der Waals surface area contributed by atoms with Crippen LogP contribution in [0.1, 0.15) is 44.5 Å². The Morgan fingerprint density at radius 2 is 2.19 bits per heavy atom. The Labute approximate surface area is 116 Å². The summed E-state index contributed by atoms with van der Waals surface area (Å²) < 4.78 is 1.86. The summed E-state index contributed by atoms with van der Waals surface area (Å²) in [4.78, 5) is 1.33. The lowest BCUT2D eigenvalue weighted by Gasteiger charge is -2.19.